The molecular weight excluding hydrogens is 468 g/mol. The number of nitrogens with zero attached hydrogens (tertiary/aromatic N) is 1. The molecule has 0 saturated heterocycles. The topological polar surface area (TPSA) is 72.5 Å². The fraction of sp³-hybridized carbons (Fsp3) is 0.367. The molecule has 0 aliphatic carbocycles. The lowest BCUT2D eigenvalue weighted by molar-refractivity contribution is -0.116. The third-order valence-corrected chi connectivity index (χ3v) is 7.12. The number of anilines is 1. The van der Waals surface area contributed by atoms with Gasteiger partial charge in [0.15, 0.2) is 0 Å². The Hall–Kier alpha value is -2.80. The average Bonchev–Trinajstić information content (AvgIpc) is 2.80. The van der Waals surface area contributed by atoms with Crippen molar-refractivity contribution in [2.24, 2.45) is 0 Å². The Morgan fingerprint density at radius 1 is 0.889 bits per heavy atom. The van der Waals surface area contributed by atoms with Gasteiger partial charge in [-0.2, -0.15) is 0 Å². The van der Waals surface area contributed by atoms with Gasteiger partial charge >= 0.3 is 0 Å². The molecule has 3 rings (SSSR count). The molecule has 0 saturated carbocycles. The summed E-state index contributed by atoms with van der Waals surface area (Å²) in [6, 6.07) is 19.9. The number of hydrogen-bond donors (Lipinski definition) is 1. The Morgan fingerprint density at radius 2 is 1.42 bits per heavy atom. The lowest BCUT2D eigenvalue weighted by atomic mass is 9.83. The summed E-state index contributed by atoms with van der Waals surface area (Å²) in [7, 11) is 3.99. The highest BCUT2D eigenvalue weighted by molar-refractivity contribution is 7.80. The zero-order chi connectivity index (χ0) is 26.6. The standard InChI is InChI=1S/C30H38N2O3S/c1-19(2)26-16-24(23-12-8-21(5)9-13-23)17-27(20(3)4)28(26)29(36(34)35)30(33)31-25-14-10-22(11-15-25)18-32(6)7/h8-17,19-20,29H,18H2,1-7H3,(H,31,33)(H,34,35)/p-1. The molecule has 0 heterocycles. The van der Waals surface area contributed by atoms with Crippen molar-refractivity contribution in [1.82, 2.24) is 4.90 Å². The fourth-order valence-corrected chi connectivity index (χ4v) is 5.15. The minimum Gasteiger partial charge on any atom is -0.771 e. The number of benzene rings is 3. The van der Waals surface area contributed by atoms with E-state index in [0.29, 0.717) is 11.3 Å². The Kier molecular flexibility index (Phi) is 9.23. The van der Waals surface area contributed by atoms with E-state index in [1.54, 1.807) is 0 Å². The van der Waals surface area contributed by atoms with Gasteiger partial charge in [-0.3, -0.25) is 9.00 Å². The van der Waals surface area contributed by atoms with Crippen LogP contribution in [0.4, 0.5) is 5.69 Å². The molecule has 192 valence electrons. The zero-order valence-electron chi connectivity index (χ0n) is 22.3. The molecule has 2 unspecified atom stereocenters. The van der Waals surface area contributed by atoms with Gasteiger partial charge in [0, 0.05) is 12.2 Å². The maximum Gasteiger partial charge on any atom is 0.243 e. The summed E-state index contributed by atoms with van der Waals surface area (Å²) in [6.45, 7) is 11.0. The lowest BCUT2D eigenvalue weighted by Crippen LogP contribution is -2.27. The van der Waals surface area contributed by atoms with Gasteiger partial charge in [0.2, 0.25) is 5.91 Å². The second-order valence-corrected chi connectivity index (χ2v) is 11.3. The molecule has 0 aliphatic rings. The van der Waals surface area contributed by atoms with Gasteiger partial charge in [0.05, 0.1) is 0 Å². The highest BCUT2D eigenvalue weighted by Crippen LogP contribution is 2.39. The molecule has 1 amide bonds. The first-order valence-corrected chi connectivity index (χ1v) is 13.5. The number of carbonyl (C=O) groups excluding carboxylic acids is 1. The van der Waals surface area contributed by atoms with Crippen molar-refractivity contribution in [1.29, 1.82) is 0 Å². The van der Waals surface area contributed by atoms with Crippen LogP contribution in [0.2, 0.25) is 0 Å². The molecule has 0 spiro atoms. The maximum absolute atomic E-state index is 13.4. The molecule has 36 heavy (non-hydrogen) atoms. The van der Waals surface area contributed by atoms with Crippen LogP contribution in [-0.4, -0.2) is 33.7 Å². The molecule has 2 atom stereocenters. The van der Waals surface area contributed by atoms with Gasteiger partial charge in [-0.15, -0.1) is 0 Å². The summed E-state index contributed by atoms with van der Waals surface area (Å²) in [5.41, 5.74) is 7.30. The number of carbonyl (C=O) groups is 1. The highest BCUT2D eigenvalue weighted by Gasteiger charge is 2.30. The van der Waals surface area contributed by atoms with E-state index >= 15 is 0 Å². The highest BCUT2D eigenvalue weighted by atomic mass is 32.2. The molecule has 3 aromatic rings. The molecule has 0 fully saturated rings. The summed E-state index contributed by atoms with van der Waals surface area (Å²) in [4.78, 5) is 15.5. The van der Waals surface area contributed by atoms with E-state index < -0.39 is 22.2 Å². The van der Waals surface area contributed by atoms with Crippen LogP contribution in [0.3, 0.4) is 0 Å². The summed E-state index contributed by atoms with van der Waals surface area (Å²) < 4.78 is 25.2. The molecule has 5 nitrogen and oxygen atoms in total. The third kappa shape index (κ3) is 6.69. The van der Waals surface area contributed by atoms with Crippen LogP contribution in [0.5, 0.6) is 0 Å². The molecule has 0 radical (unpaired) electrons. The average molecular weight is 506 g/mol. The summed E-state index contributed by atoms with van der Waals surface area (Å²) >= 11 is -2.65. The summed E-state index contributed by atoms with van der Waals surface area (Å²) in [6.07, 6.45) is 0. The third-order valence-electron chi connectivity index (χ3n) is 6.29. The first-order valence-electron chi connectivity index (χ1n) is 12.3. The first kappa shape index (κ1) is 27.8. The number of amides is 1. The van der Waals surface area contributed by atoms with E-state index in [2.05, 4.69) is 41.4 Å². The van der Waals surface area contributed by atoms with E-state index in [9.17, 15) is 13.6 Å². The van der Waals surface area contributed by atoms with Crippen molar-refractivity contribution < 1.29 is 13.6 Å². The zero-order valence-corrected chi connectivity index (χ0v) is 23.1. The molecule has 0 aliphatic heterocycles. The minimum absolute atomic E-state index is 0.0343. The van der Waals surface area contributed by atoms with E-state index in [1.165, 1.54) is 5.56 Å². The largest absolute Gasteiger partial charge is 0.771 e. The van der Waals surface area contributed by atoms with E-state index in [0.717, 1.165) is 34.4 Å². The van der Waals surface area contributed by atoms with E-state index in [4.69, 9.17) is 0 Å². The van der Waals surface area contributed by atoms with Gasteiger partial charge in [0.25, 0.3) is 0 Å². The Bertz CT molecular complexity index is 1190. The Morgan fingerprint density at radius 3 is 1.86 bits per heavy atom. The van der Waals surface area contributed by atoms with Gasteiger partial charge in [0.1, 0.15) is 5.25 Å². The van der Waals surface area contributed by atoms with Crippen molar-refractivity contribution in [3.05, 3.63) is 88.5 Å². The van der Waals surface area contributed by atoms with Crippen molar-refractivity contribution in [3.63, 3.8) is 0 Å². The van der Waals surface area contributed by atoms with Crippen molar-refractivity contribution in [3.8, 4) is 11.1 Å². The number of hydrogen-bond acceptors (Lipinski definition) is 4. The molecule has 0 aromatic heterocycles. The molecule has 6 heteroatoms. The van der Waals surface area contributed by atoms with Gasteiger partial charge < -0.3 is 14.8 Å². The van der Waals surface area contributed by atoms with E-state index in [-0.39, 0.29) is 11.8 Å². The number of nitrogens with one attached hydrogen (secondary N) is 1. The predicted molar refractivity (Wildman–Crippen MR) is 149 cm³/mol. The fourth-order valence-electron chi connectivity index (χ4n) is 4.45. The Labute approximate surface area is 218 Å². The van der Waals surface area contributed by atoms with Crippen LogP contribution >= 0.6 is 0 Å². The quantitative estimate of drug-likeness (QED) is 0.336. The van der Waals surface area contributed by atoms with Crippen molar-refractivity contribution in [2.75, 3.05) is 19.4 Å². The first-order chi connectivity index (χ1) is 17.0. The van der Waals surface area contributed by atoms with Crippen LogP contribution in [0.25, 0.3) is 11.1 Å². The molecule has 1 N–H and O–H groups in total. The van der Waals surface area contributed by atoms with Crippen molar-refractivity contribution in [2.45, 2.75) is 58.2 Å². The van der Waals surface area contributed by atoms with E-state index in [1.807, 2.05) is 78.2 Å². The molecule has 3 aromatic carbocycles. The van der Waals surface area contributed by atoms with Gasteiger partial charge in [-0.1, -0.05) is 81.8 Å². The monoisotopic (exact) mass is 505 g/mol. The van der Waals surface area contributed by atoms with Crippen LogP contribution < -0.4 is 5.32 Å². The molecule has 0 bridgehead atoms. The summed E-state index contributed by atoms with van der Waals surface area (Å²) in [5, 5.41) is 1.53. The van der Waals surface area contributed by atoms with Gasteiger partial charge in [-0.25, -0.2) is 0 Å². The second-order valence-electron chi connectivity index (χ2n) is 10.3. The van der Waals surface area contributed by atoms with Crippen LogP contribution in [0.15, 0.2) is 60.7 Å². The number of rotatable bonds is 9. The Balaban J connectivity index is 2.07. The SMILES string of the molecule is Cc1ccc(-c2cc(C(C)C)c(C(C(=O)Nc3ccc(CN(C)C)cc3)S(=O)[O-])c(C(C)C)c2)cc1. The smallest absolute Gasteiger partial charge is 0.243 e. The lowest BCUT2D eigenvalue weighted by Gasteiger charge is -2.28. The molecular formula is C30H37N2O3S-. The van der Waals surface area contributed by atoms with Crippen molar-refractivity contribution >= 4 is 22.7 Å². The van der Waals surface area contributed by atoms with Crippen LogP contribution in [0.1, 0.15) is 72.6 Å². The predicted octanol–water partition coefficient (Wildman–Crippen LogP) is 6.53. The second kappa shape index (κ2) is 12.0. The van der Waals surface area contributed by atoms with Crippen LogP contribution in [0, 0.1) is 6.92 Å². The summed E-state index contributed by atoms with van der Waals surface area (Å²) in [5.74, 6) is -0.477. The normalized spacial score (nSPS) is 13.3. The van der Waals surface area contributed by atoms with Crippen LogP contribution in [-0.2, 0) is 22.4 Å². The maximum atomic E-state index is 13.4. The van der Waals surface area contributed by atoms with Gasteiger partial charge in [-0.05, 0) is 89.4 Å². The minimum atomic E-state index is -2.65. The number of aryl methyl sites for hydroxylation is 1.